The second-order valence-corrected chi connectivity index (χ2v) is 4.98. The van der Waals surface area contributed by atoms with E-state index in [1.807, 2.05) is 13.8 Å². The summed E-state index contributed by atoms with van der Waals surface area (Å²) in [5, 5.41) is 28.0. The SMILES string of the molecule is CCOC(=O)C(CC)=C(CC)CCC(CO)(CO)CO. The molecule has 5 heteroatoms. The molecule has 0 bridgehead atoms. The van der Waals surface area contributed by atoms with Crippen LogP contribution in [0.4, 0.5) is 0 Å². The molecule has 3 N–H and O–H groups in total. The lowest BCUT2D eigenvalue weighted by Crippen LogP contribution is -2.34. The minimum Gasteiger partial charge on any atom is -0.463 e. The highest BCUT2D eigenvalue weighted by Gasteiger charge is 2.28. The van der Waals surface area contributed by atoms with Crippen molar-refractivity contribution in [2.24, 2.45) is 5.41 Å². The van der Waals surface area contributed by atoms with Crippen LogP contribution in [0.5, 0.6) is 0 Å². The highest BCUT2D eigenvalue weighted by atomic mass is 16.5. The van der Waals surface area contributed by atoms with Crippen LogP contribution < -0.4 is 0 Å². The van der Waals surface area contributed by atoms with Gasteiger partial charge < -0.3 is 20.1 Å². The number of esters is 1. The summed E-state index contributed by atoms with van der Waals surface area (Å²) in [5.41, 5.74) is 0.733. The summed E-state index contributed by atoms with van der Waals surface area (Å²) in [5.74, 6) is -0.297. The van der Waals surface area contributed by atoms with Gasteiger partial charge in [-0.25, -0.2) is 4.79 Å². The van der Waals surface area contributed by atoms with Crippen molar-refractivity contribution in [1.82, 2.24) is 0 Å². The lowest BCUT2D eigenvalue weighted by molar-refractivity contribution is -0.138. The zero-order chi connectivity index (χ0) is 15.6. The van der Waals surface area contributed by atoms with Crippen molar-refractivity contribution in [3.63, 3.8) is 0 Å². The van der Waals surface area contributed by atoms with Gasteiger partial charge in [0.15, 0.2) is 0 Å². The number of carbonyl (C=O) groups excluding carboxylic acids is 1. The Bertz CT molecular complexity index is 310. The molecule has 0 aromatic carbocycles. The van der Waals surface area contributed by atoms with Crippen LogP contribution in [0.3, 0.4) is 0 Å². The van der Waals surface area contributed by atoms with Crippen LogP contribution in [0.2, 0.25) is 0 Å². The summed E-state index contributed by atoms with van der Waals surface area (Å²) >= 11 is 0. The van der Waals surface area contributed by atoms with Gasteiger partial charge in [0.25, 0.3) is 0 Å². The lowest BCUT2D eigenvalue weighted by Gasteiger charge is -2.28. The topological polar surface area (TPSA) is 87.0 Å². The third-order valence-electron chi connectivity index (χ3n) is 3.69. The van der Waals surface area contributed by atoms with Crippen molar-refractivity contribution in [1.29, 1.82) is 0 Å². The Balaban J connectivity index is 5.02. The molecule has 0 aliphatic heterocycles. The summed E-state index contributed by atoms with van der Waals surface area (Å²) in [6.07, 6.45) is 2.29. The average Bonchev–Trinajstić information content (AvgIpc) is 2.48. The van der Waals surface area contributed by atoms with E-state index in [0.717, 1.165) is 5.57 Å². The molecular formula is C15H28O5. The minimum atomic E-state index is -0.895. The quantitative estimate of drug-likeness (QED) is 0.418. The normalized spacial score (nSPS) is 13.1. The molecule has 0 aliphatic rings. The van der Waals surface area contributed by atoms with Crippen LogP contribution >= 0.6 is 0 Å². The standard InChI is InChI=1S/C15H28O5/c1-4-12(13(5-2)14(19)20-6-3)7-8-15(9-16,10-17)11-18/h16-18H,4-11H2,1-3H3. The summed E-state index contributed by atoms with van der Waals surface area (Å²) in [7, 11) is 0. The van der Waals surface area contributed by atoms with Gasteiger partial charge in [0, 0.05) is 11.0 Å². The van der Waals surface area contributed by atoms with Gasteiger partial charge in [-0.05, 0) is 32.6 Å². The van der Waals surface area contributed by atoms with Crippen LogP contribution in [-0.2, 0) is 9.53 Å². The Hall–Kier alpha value is -0.910. The fourth-order valence-corrected chi connectivity index (χ4v) is 2.10. The Morgan fingerprint density at radius 2 is 1.55 bits per heavy atom. The highest BCUT2D eigenvalue weighted by Crippen LogP contribution is 2.28. The third kappa shape index (κ3) is 5.23. The number of aliphatic hydroxyl groups is 3. The molecule has 0 saturated carbocycles. The second kappa shape index (κ2) is 9.91. The number of hydrogen-bond acceptors (Lipinski definition) is 5. The van der Waals surface area contributed by atoms with E-state index in [9.17, 15) is 20.1 Å². The highest BCUT2D eigenvalue weighted by molar-refractivity contribution is 5.89. The van der Waals surface area contributed by atoms with E-state index >= 15 is 0 Å². The molecule has 20 heavy (non-hydrogen) atoms. The smallest absolute Gasteiger partial charge is 0.333 e. The van der Waals surface area contributed by atoms with Gasteiger partial charge in [0.05, 0.1) is 26.4 Å². The maximum atomic E-state index is 11.9. The molecule has 0 radical (unpaired) electrons. The van der Waals surface area contributed by atoms with Crippen molar-refractivity contribution in [3.05, 3.63) is 11.1 Å². The van der Waals surface area contributed by atoms with Gasteiger partial charge in [-0.2, -0.15) is 0 Å². The van der Waals surface area contributed by atoms with E-state index in [-0.39, 0.29) is 25.8 Å². The predicted molar refractivity (Wildman–Crippen MR) is 77.2 cm³/mol. The summed E-state index contributed by atoms with van der Waals surface area (Å²) in [6.45, 7) is 5.13. The summed E-state index contributed by atoms with van der Waals surface area (Å²) in [6, 6.07) is 0. The first kappa shape index (κ1) is 19.1. The van der Waals surface area contributed by atoms with Crippen molar-refractivity contribution in [2.75, 3.05) is 26.4 Å². The maximum absolute atomic E-state index is 11.9. The fraction of sp³-hybridized carbons (Fsp3) is 0.800. The Labute approximate surface area is 121 Å². The van der Waals surface area contributed by atoms with Crippen molar-refractivity contribution in [2.45, 2.75) is 46.5 Å². The molecule has 0 atom stereocenters. The minimum absolute atomic E-state index is 0.280. The van der Waals surface area contributed by atoms with E-state index in [4.69, 9.17) is 4.74 Å². The van der Waals surface area contributed by atoms with E-state index in [1.165, 1.54) is 0 Å². The average molecular weight is 288 g/mol. The van der Waals surface area contributed by atoms with Gasteiger partial charge in [0.2, 0.25) is 0 Å². The van der Waals surface area contributed by atoms with Gasteiger partial charge in [-0.3, -0.25) is 0 Å². The molecule has 0 unspecified atom stereocenters. The number of ether oxygens (including phenoxy) is 1. The van der Waals surface area contributed by atoms with E-state index in [1.54, 1.807) is 6.92 Å². The molecule has 118 valence electrons. The number of aliphatic hydroxyl groups excluding tert-OH is 3. The van der Waals surface area contributed by atoms with Crippen molar-refractivity contribution >= 4 is 5.97 Å². The molecule has 0 aromatic heterocycles. The number of allylic oxidation sites excluding steroid dienone is 1. The largest absolute Gasteiger partial charge is 0.463 e. The molecule has 0 saturated heterocycles. The third-order valence-corrected chi connectivity index (χ3v) is 3.69. The summed E-state index contributed by atoms with van der Waals surface area (Å²) in [4.78, 5) is 11.9. The number of rotatable bonds is 10. The van der Waals surface area contributed by atoms with E-state index in [0.29, 0.717) is 37.9 Å². The second-order valence-electron chi connectivity index (χ2n) is 4.98. The number of carbonyl (C=O) groups is 1. The summed E-state index contributed by atoms with van der Waals surface area (Å²) < 4.78 is 5.04. The zero-order valence-electron chi connectivity index (χ0n) is 12.8. The molecule has 0 amide bonds. The Morgan fingerprint density at radius 1 is 1.00 bits per heavy atom. The Morgan fingerprint density at radius 3 is 1.90 bits per heavy atom. The Kier molecular flexibility index (Phi) is 9.46. The predicted octanol–water partition coefficient (Wildman–Crippen LogP) is 1.41. The molecule has 0 aliphatic carbocycles. The molecule has 0 aromatic rings. The van der Waals surface area contributed by atoms with Gasteiger partial charge in [-0.1, -0.05) is 19.4 Å². The van der Waals surface area contributed by atoms with Crippen molar-refractivity contribution < 1.29 is 24.9 Å². The monoisotopic (exact) mass is 288 g/mol. The molecule has 5 nitrogen and oxygen atoms in total. The first-order valence-electron chi connectivity index (χ1n) is 7.24. The van der Waals surface area contributed by atoms with Crippen molar-refractivity contribution in [3.8, 4) is 0 Å². The number of hydrogen-bond donors (Lipinski definition) is 3. The van der Waals surface area contributed by atoms with Crippen LogP contribution in [-0.4, -0.2) is 47.7 Å². The first-order valence-corrected chi connectivity index (χ1v) is 7.24. The van der Waals surface area contributed by atoms with Gasteiger partial charge in [-0.15, -0.1) is 0 Å². The zero-order valence-corrected chi connectivity index (χ0v) is 12.8. The molecule has 0 rings (SSSR count). The lowest BCUT2D eigenvalue weighted by atomic mass is 9.83. The van der Waals surface area contributed by atoms with Gasteiger partial charge in [0.1, 0.15) is 0 Å². The molecular weight excluding hydrogens is 260 g/mol. The molecule has 0 heterocycles. The van der Waals surface area contributed by atoms with E-state index in [2.05, 4.69) is 0 Å². The molecule has 0 spiro atoms. The maximum Gasteiger partial charge on any atom is 0.333 e. The van der Waals surface area contributed by atoms with Crippen LogP contribution in [0.15, 0.2) is 11.1 Å². The van der Waals surface area contributed by atoms with Crippen LogP contribution in [0.1, 0.15) is 46.5 Å². The van der Waals surface area contributed by atoms with Gasteiger partial charge >= 0.3 is 5.97 Å². The first-order chi connectivity index (χ1) is 9.53. The fourth-order valence-electron chi connectivity index (χ4n) is 2.10. The van der Waals surface area contributed by atoms with E-state index < -0.39 is 5.41 Å². The van der Waals surface area contributed by atoms with Crippen LogP contribution in [0, 0.1) is 5.41 Å². The molecule has 0 fully saturated rings. The van der Waals surface area contributed by atoms with Crippen LogP contribution in [0.25, 0.3) is 0 Å².